The number of nitrogens with two attached hydrogens (primary N) is 1. The first-order valence-electron chi connectivity index (χ1n) is 8.13. The third-order valence-electron chi connectivity index (χ3n) is 3.91. The Balaban J connectivity index is 0.00000288. The van der Waals surface area contributed by atoms with Crippen LogP contribution in [0.25, 0.3) is 0 Å². The number of carbonyl (C=O) groups excluding carboxylic acids is 1. The number of ether oxygens (including phenoxy) is 2. The molecule has 7 heteroatoms. The molecule has 2 N–H and O–H groups in total. The Kier molecular flexibility index (Phi) is 9.66. The molecule has 1 aliphatic heterocycles. The van der Waals surface area contributed by atoms with E-state index in [1.54, 1.807) is 6.92 Å². The maximum absolute atomic E-state index is 12.5. The average molecular weight is 422 g/mol. The molecule has 1 saturated heterocycles. The van der Waals surface area contributed by atoms with Gasteiger partial charge >= 0.3 is 0 Å². The Morgan fingerprint density at radius 1 is 1.42 bits per heavy atom. The number of hydrogen-bond donors (Lipinski definition) is 1. The summed E-state index contributed by atoms with van der Waals surface area (Å²) in [6.07, 6.45) is 2.39. The van der Waals surface area contributed by atoms with E-state index in [9.17, 15) is 4.79 Å². The highest BCUT2D eigenvalue weighted by Crippen LogP contribution is 2.20. The molecule has 0 spiro atoms. The second-order valence-corrected chi connectivity index (χ2v) is 6.67. The molecule has 0 saturated carbocycles. The van der Waals surface area contributed by atoms with E-state index in [4.69, 9.17) is 15.2 Å². The highest BCUT2D eigenvalue weighted by atomic mass is 79.9. The second-order valence-electron chi connectivity index (χ2n) is 5.76. The lowest BCUT2D eigenvalue weighted by atomic mass is 10.1. The van der Waals surface area contributed by atoms with Crippen LogP contribution in [0.4, 0.5) is 0 Å². The quantitative estimate of drug-likeness (QED) is 0.687. The summed E-state index contributed by atoms with van der Waals surface area (Å²) in [5, 5.41) is 0. The fourth-order valence-electron chi connectivity index (χ4n) is 2.63. The third-order valence-corrected chi connectivity index (χ3v) is 4.41. The maximum Gasteiger partial charge on any atom is 0.263 e. The normalized spacial score (nSPS) is 16.4. The lowest BCUT2D eigenvalue weighted by Crippen LogP contribution is -2.46. The predicted molar refractivity (Wildman–Crippen MR) is 101 cm³/mol. The van der Waals surface area contributed by atoms with E-state index in [1.807, 2.05) is 29.2 Å². The summed E-state index contributed by atoms with van der Waals surface area (Å²) in [5.41, 5.74) is 5.46. The molecule has 1 unspecified atom stereocenters. The van der Waals surface area contributed by atoms with Crippen molar-refractivity contribution in [3.05, 3.63) is 28.7 Å². The molecule has 0 aromatic heterocycles. The van der Waals surface area contributed by atoms with E-state index in [0.29, 0.717) is 18.9 Å². The predicted octanol–water partition coefficient (Wildman–Crippen LogP) is 2.99. The second kappa shape index (κ2) is 10.9. The van der Waals surface area contributed by atoms with E-state index in [0.717, 1.165) is 36.8 Å². The van der Waals surface area contributed by atoms with Gasteiger partial charge in [0.2, 0.25) is 0 Å². The summed E-state index contributed by atoms with van der Waals surface area (Å²) in [7, 11) is 0. The van der Waals surface area contributed by atoms with Gasteiger partial charge in [-0.1, -0.05) is 22.0 Å². The van der Waals surface area contributed by atoms with Gasteiger partial charge in [0.05, 0.1) is 6.10 Å². The largest absolute Gasteiger partial charge is 0.481 e. The van der Waals surface area contributed by atoms with E-state index < -0.39 is 6.10 Å². The lowest BCUT2D eigenvalue weighted by molar-refractivity contribution is -0.140. The van der Waals surface area contributed by atoms with Crippen molar-refractivity contribution in [2.45, 2.75) is 38.4 Å². The minimum absolute atomic E-state index is 0. The number of likely N-dealkylation sites (tertiary alicyclic amines) is 1. The van der Waals surface area contributed by atoms with Gasteiger partial charge in [-0.25, -0.2) is 0 Å². The number of halogens is 2. The van der Waals surface area contributed by atoms with Crippen LogP contribution in [-0.2, 0) is 9.53 Å². The molecular formula is C17H26BrClN2O3. The highest BCUT2D eigenvalue weighted by molar-refractivity contribution is 9.10. The first-order chi connectivity index (χ1) is 11.1. The summed E-state index contributed by atoms with van der Waals surface area (Å²) in [6, 6.07) is 7.53. The summed E-state index contributed by atoms with van der Waals surface area (Å²) in [5.74, 6) is 0.727. The van der Waals surface area contributed by atoms with Crippen molar-refractivity contribution in [1.82, 2.24) is 4.90 Å². The number of rotatable bonds is 7. The Labute approximate surface area is 158 Å². The number of carbonyl (C=O) groups is 1. The zero-order chi connectivity index (χ0) is 16.7. The van der Waals surface area contributed by atoms with Crippen molar-refractivity contribution in [2.75, 3.05) is 26.2 Å². The van der Waals surface area contributed by atoms with Gasteiger partial charge in [-0.3, -0.25) is 4.79 Å². The SMILES string of the molecule is CC(Oc1cccc(Br)c1)C(=O)N1CCC(OCCCN)CC1.Cl. The first-order valence-corrected chi connectivity index (χ1v) is 8.92. The van der Waals surface area contributed by atoms with Crippen molar-refractivity contribution < 1.29 is 14.3 Å². The molecule has 0 aliphatic carbocycles. The van der Waals surface area contributed by atoms with E-state index in [2.05, 4.69) is 15.9 Å². The topological polar surface area (TPSA) is 64.8 Å². The molecule has 0 bridgehead atoms. The summed E-state index contributed by atoms with van der Waals surface area (Å²) >= 11 is 3.40. The minimum atomic E-state index is -0.487. The number of amides is 1. The Morgan fingerprint density at radius 3 is 2.75 bits per heavy atom. The molecule has 1 aromatic carbocycles. The summed E-state index contributed by atoms with van der Waals surface area (Å²) in [4.78, 5) is 14.4. The minimum Gasteiger partial charge on any atom is -0.481 e. The fraction of sp³-hybridized carbons (Fsp3) is 0.588. The van der Waals surface area contributed by atoms with E-state index in [-0.39, 0.29) is 24.4 Å². The molecule has 1 heterocycles. The molecule has 1 atom stereocenters. The van der Waals surface area contributed by atoms with Gasteiger partial charge in [-0.15, -0.1) is 12.4 Å². The maximum atomic E-state index is 12.5. The van der Waals surface area contributed by atoms with Crippen LogP contribution in [0, 0.1) is 0 Å². The average Bonchev–Trinajstić information content (AvgIpc) is 2.55. The van der Waals surface area contributed by atoms with Crippen LogP contribution < -0.4 is 10.5 Å². The molecule has 136 valence electrons. The van der Waals surface area contributed by atoms with Crippen molar-refractivity contribution >= 4 is 34.2 Å². The molecule has 1 aromatic rings. The number of hydrogen-bond acceptors (Lipinski definition) is 4. The van der Waals surface area contributed by atoms with Crippen molar-refractivity contribution in [3.63, 3.8) is 0 Å². The Hall–Kier alpha value is -0.820. The van der Waals surface area contributed by atoms with Gasteiger partial charge in [0.25, 0.3) is 5.91 Å². The molecule has 24 heavy (non-hydrogen) atoms. The van der Waals surface area contributed by atoms with Gasteiger partial charge < -0.3 is 20.1 Å². The molecule has 5 nitrogen and oxygen atoms in total. The monoisotopic (exact) mass is 420 g/mol. The fourth-order valence-corrected chi connectivity index (χ4v) is 3.01. The first kappa shape index (κ1) is 21.2. The zero-order valence-corrected chi connectivity index (χ0v) is 16.4. The van der Waals surface area contributed by atoms with Crippen molar-refractivity contribution in [2.24, 2.45) is 5.73 Å². The molecule has 2 rings (SSSR count). The smallest absolute Gasteiger partial charge is 0.263 e. The molecular weight excluding hydrogens is 396 g/mol. The number of nitrogens with zero attached hydrogens (tertiary/aromatic N) is 1. The molecule has 0 radical (unpaired) electrons. The zero-order valence-electron chi connectivity index (χ0n) is 13.9. The van der Waals surface area contributed by atoms with Crippen LogP contribution in [0.5, 0.6) is 5.75 Å². The molecule has 1 amide bonds. The van der Waals surface area contributed by atoms with Crippen LogP contribution in [0.15, 0.2) is 28.7 Å². The van der Waals surface area contributed by atoms with Crippen molar-refractivity contribution in [3.8, 4) is 5.75 Å². The number of piperidine rings is 1. The van der Waals surface area contributed by atoms with Gasteiger partial charge in [0.15, 0.2) is 6.10 Å². The van der Waals surface area contributed by atoms with Gasteiger partial charge in [-0.05, 0) is 50.9 Å². The van der Waals surface area contributed by atoms with Gasteiger partial charge in [0, 0.05) is 24.2 Å². The Morgan fingerprint density at radius 2 is 2.12 bits per heavy atom. The van der Waals surface area contributed by atoms with E-state index in [1.165, 1.54) is 0 Å². The standard InChI is InChI=1S/C17H25BrN2O3.ClH/c1-13(23-16-5-2-4-14(18)12-16)17(21)20-9-6-15(7-10-20)22-11-3-8-19;/h2,4-5,12-13,15H,3,6-11,19H2,1H3;1H. The van der Waals surface area contributed by atoms with Crippen molar-refractivity contribution in [1.29, 1.82) is 0 Å². The molecule has 1 fully saturated rings. The van der Waals surface area contributed by atoms with Gasteiger partial charge in [0.1, 0.15) is 5.75 Å². The highest BCUT2D eigenvalue weighted by Gasteiger charge is 2.27. The Bertz CT molecular complexity index is 510. The molecule has 1 aliphatic rings. The van der Waals surface area contributed by atoms with Crippen LogP contribution in [-0.4, -0.2) is 49.3 Å². The van der Waals surface area contributed by atoms with Crippen LogP contribution in [0.1, 0.15) is 26.2 Å². The van der Waals surface area contributed by atoms with Crippen LogP contribution in [0.3, 0.4) is 0 Å². The summed E-state index contributed by atoms with van der Waals surface area (Å²) < 4.78 is 12.5. The van der Waals surface area contributed by atoms with Crippen LogP contribution in [0.2, 0.25) is 0 Å². The number of benzene rings is 1. The third kappa shape index (κ3) is 6.59. The van der Waals surface area contributed by atoms with Crippen LogP contribution >= 0.6 is 28.3 Å². The van der Waals surface area contributed by atoms with E-state index >= 15 is 0 Å². The van der Waals surface area contributed by atoms with Gasteiger partial charge in [-0.2, -0.15) is 0 Å². The lowest BCUT2D eigenvalue weighted by Gasteiger charge is -2.33. The summed E-state index contributed by atoms with van der Waals surface area (Å²) in [6.45, 7) is 4.60.